The number of allylic oxidation sites excluding steroid dienone is 4. The summed E-state index contributed by atoms with van der Waals surface area (Å²) in [6.07, 6.45) is 61.0. The maximum atomic E-state index is 13.2. The first kappa shape index (κ1) is 62.3. The zero-order valence-electron chi connectivity index (χ0n) is 43.2. The molecule has 0 radical (unpaired) electrons. The molecule has 0 heterocycles. The Balaban J connectivity index is 4.49. The van der Waals surface area contributed by atoms with E-state index in [1.165, 1.54) is 193 Å². The van der Waals surface area contributed by atoms with E-state index < -0.39 is 18.2 Å². The SMILES string of the molecule is CCCCC/C=C/C=C/CCCCCCC(CC(=O)NC(CO)C(O)CCCCCCCCCCCCCCC)OC(=O)CCCCCCCCCCCCCCCCCCCCC. The summed E-state index contributed by atoms with van der Waals surface area (Å²) in [5.41, 5.74) is 0. The summed E-state index contributed by atoms with van der Waals surface area (Å²) in [6, 6.07) is -0.704. The predicted molar refractivity (Wildman–Crippen MR) is 278 cm³/mol. The molecule has 0 spiro atoms. The number of hydrogen-bond donors (Lipinski definition) is 3. The van der Waals surface area contributed by atoms with E-state index in [-0.39, 0.29) is 24.9 Å². The van der Waals surface area contributed by atoms with E-state index in [9.17, 15) is 19.8 Å². The van der Waals surface area contributed by atoms with E-state index in [0.717, 1.165) is 70.6 Å². The monoisotopic (exact) mass is 902 g/mol. The minimum Gasteiger partial charge on any atom is -0.462 e. The van der Waals surface area contributed by atoms with Crippen LogP contribution in [0, 0.1) is 0 Å². The number of amides is 1. The fourth-order valence-electron chi connectivity index (χ4n) is 8.95. The first-order valence-corrected chi connectivity index (χ1v) is 28.6. The van der Waals surface area contributed by atoms with Crippen LogP contribution >= 0.6 is 0 Å². The van der Waals surface area contributed by atoms with Crippen molar-refractivity contribution in [2.24, 2.45) is 0 Å². The highest BCUT2D eigenvalue weighted by molar-refractivity contribution is 5.77. The lowest BCUT2D eigenvalue weighted by atomic mass is 10.0. The number of carbonyl (C=O) groups is 2. The molecule has 3 N–H and O–H groups in total. The average molecular weight is 903 g/mol. The van der Waals surface area contributed by atoms with Gasteiger partial charge in [-0.1, -0.05) is 270 Å². The minimum atomic E-state index is -0.789. The van der Waals surface area contributed by atoms with Gasteiger partial charge in [0.2, 0.25) is 5.91 Å². The standard InChI is InChI=1S/C58H111NO5/c1-4-7-10-13-16-19-22-25-26-27-28-29-30-33-36-39-42-45-48-51-58(63)64-54(49-46-43-40-37-34-31-23-20-17-14-11-8-5-2)52-57(62)59-55(53-60)56(61)50-47-44-41-38-35-32-24-21-18-15-12-9-6-3/h17,20,23,31,54-56,60-61H,4-16,18-19,21-22,24-30,32-53H2,1-3H3,(H,59,62)/b20-17+,31-23+. The summed E-state index contributed by atoms with van der Waals surface area (Å²) in [4.78, 5) is 26.2. The quantitative estimate of drug-likeness (QED) is 0.0321. The van der Waals surface area contributed by atoms with Crippen LogP contribution in [0.3, 0.4) is 0 Å². The van der Waals surface area contributed by atoms with Gasteiger partial charge in [-0.15, -0.1) is 0 Å². The Bertz CT molecular complexity index is 1010. The van der Waals surface area contributed by atoms with Crippen LogP contribution in [0.2, 0.25) is 0 Å². The molecule has 0 saturated heterocycles. The van der Waals surface area contributed by atoms with E-state index in [1.807, 2.05) is 0 Å². The van der Waals surface area contributed by atoms with Gasteiger partial charge in [0.15, 0.2) is 0 Å². The van der Waals surface area contributed by atoms with Crippen molar-refractivity contribution in [2.75, 3.05) is 6.61 Å². The molecule has 378 valence electrons. The third-order valence-electron chi connectivity index (χ3n) is 13.3. The van der Waals surface area contributed by atoms with Gasteiger partial charge in [-0.05, 0) is 51.4 Å². The Morgan fingerprint density at radius 3 is 1.19 bits per heavy atom. The predicted octanol–water partition coefficient (Wildman–Crippen LogP) is 17.5. The molecule has 0 aromatic carbocycles. The number of ether oxygens (including phenoxy) is 1. The highest BCUT2D eigenvalue weighted by Crippen LogP contribution is 2.19. The van der Waals surface area contributed by atoms with Crippen LogP contribution < -0.4 is 5.32 Å². The van der Waals surface area contributed by atoms with Gasteiger partial charge in [0.25, 0.3) is 0 Å². The first-order chi connectivity index (χ1) is 31.5. The molecular formula is C58H111NO5. The summed E-state index contributed by atoms with van der Waals surface area (Å²) >= 11 is 0. The summed E-state index contributed by atoms with van der Waals surface area (Å²) in [5, 5.41) is 23.8. The zero-order chi connectivity index (χ0) is 46.7. The number of hydrogen-bond acceptors (Lipinski definition) is 5. The van der Waals surface area contributed by atoms with Crippen LogP contribution in [-0.2, 0) is 14.3 Å². The molecule has 0 aliphatic carbocycles. The Kier molecular flexibility index (Phi) is 51.0. The summed E-state index contributed by atoms with van der Waals surface area (Å²) < 4.78 is 5.95. The van der Waals surface area contributed by atoms with Crippen LogP contribution in [0.5, 0.6) is 0 Å². The van der Waals surface area contributed by atoms with E-state index >= 15 is 0 Å². The lowest BCUT2D eigenvalue weighted by molar-refractivity contribution is -0.151. The number of aliphatic hydroxyl groups is 2. The number of aliphatic hydroxyl groups excluding tert-OH is 2. The van der Waals surface area contributed by atoms with Crippen LogP contribution in [0.15, 0.2) is 24.3 Å². The summed E-state index contributed by atoms with van der Waals surface area (Å²) in [7, 11) is 0. The Labute approximate surface area is 399 Å². The molecule has 0 aliphatic heterocycles. The van der Waals surface area contributed by atoms with Crippen molar-refractivity contribution < 1.29 is 24.5 Å². The molecule has 0 saturated carbocycles. The molecule has 3 atom stereocenters. The molecule has 0 bridgehead atoms. The second-order valence-electron chi connectivity index (χ2n) is 19.7. The minimum absolute atomic E-state index is 0.0697. The van der Waals surface area contributed by atoms with Gasteiger partial charge in [-0.3, -0.25) is 9.59 Å². The molecule has 3 unspecified atom stereocenters. The number of esters is 1. The van der Waals surface area contributed by atoms with E-state index in [2.05, 4.69) is 50.4 Å². The van der Waals surface area contributed by atoms with Crippen molar-refractivity contribution in [3.63, 3.8) is 0 Å². The topological polar surface area (TPSA) is 95.9 Å². The molecule has 64 heavy (non-hydrogen) atoms. The Morgan fingerprint density at radius 1 is 0.453 bits per heavy atom. The molecule has 1 amide bonds. The number of nitrogens with one attached hydrogen (secondary N) is 1. The Hall–Kier alpha value is -1.66. The van der Waals surface area contributed by atoms with Crippen molar-refractivity contribution in [1.82, 2.24) is 5.32 Å². The second-order valence-corrected chi connectivity index (χ2v) is 19.7. The summed E-state index contributed by atoms with van der Waals surface area (Å²) in [5.74, 6) is -0.476. The molecule has 0 aliphatic rings. The highest BCUT2D eigenvalue weighted by Gasteiger charge is 2.24. The van der Waals surface area contributed by atoms with Gasteiger partial charge in [0, 0.05) is 6.42 Å². The van der Waals surface area contributed by atoms with Crippen molar-refractivity contribution in [2.45, 2.75) is 328 Å². The molecular weight excluding hydrogens is 791 g/mol. The van der Waals surface area contributed by atoms with Crippen LogP contribution in [-0.4, -0.2) is 46.9 Å². The van der Waals surface area contributed by atoms with Gasteiger partial charge < -0.3 is 20.3 Å². The lowest BCUT2D eigenvalue weighted by Gasteiger charge is -2.24. The highest BCUT2D eigenvalue weighted by atomic mass is 16.5. The lowest BCUT2D eigenvalue weighted by Crippen LogP contribution is -2.46. The van der Waals surface area contributed by atoms with Crippen LogP contribution in [0.25, 0.3) is 0 Å². The third-order valence-corrected chi connectivity index (χ3v) is 13.3. The number of carbonyl (C=O) groups excluding carboxylic acids is 2. The van der Waals surface area contributed by atoms with Crippen LogP contribution in [0.4, 0.5) is 0 Å². The average Bonchev–Trinajstić information content (AvgIpc) is 3.29. The fourth-order valence-corrected chi connectivity index (χ4v) is 8.95. The molecule has 0 fully saturated rings. The molecule has 0 aromatic rings. The largest absolute Gasteiger partial charge is 0.462 e. The molecule has 6 heteroatoms. The fraction of sp³-hybridized carbons (Fsp3) is 0.897. The van der Waals surface area contributed by atoms with Gasteiger partial charge >= 0.3 is 5.97 Å². The van der Waals surface area contributed by atoms with Gasteiger partial charge in [-0.25, -0.2) is 0 Å². The zero-order valence-corrected chi connectivity index (χ0v) is 43.2. The van der Waals surface area contributed by atoms with Crippen molar-refractivity contribution in [3.05, 3.63) is 24.3 Å². The number of unbranched alkanes of at least 4 members (excludes halogenated alkanes) is 37. The van der Waals surface area contributed by atoms with E-state index in [1.54, 1.807) is 0 Å². The van der Waals surface area contributed by atoms with E-state index in [0.29, 0.717) is 19.3 Å². The molecule has 0 rings (SSSR count). The second kappa shape index (κ2) is 52.3. The van der Waals surface area contributed by atoms with Crippen molar-refractivity contribution in [1.29, 1.82) is 0 Å². The van der Waals surface area contributed by atoms with Gasteiger partial charge in [0.05, 0.1) is 25.2 Å². The maximum Gasteiger partial charge on any atom is 0.306 e. The Morgan fingerprint density at radius 2 is 0.781 bits per heavy atom. The van der Waals surface area contributed by atoms with Gasteiger partial charge in [0.1, 0.15) is 6.10 Å². The normalized spacial score (nSPS) is 13.3. The maximum absolute atomic E-state index is 13.2. The first-order valence-electron chi connectivity index (χ1n) is 28.6. The molecule has 0 aromatic heterocycles. The molecule has 6 nitrogen and oxygen atoms in total. The number of rotatable bonds is 52. The third kappa shape index (κ3) is 46.9. The van der Waals surface area contributed by atoms with Crippen molar-refractivity contribution in [3.8, 4) is 0 Å². The van der Waals surface area contributed by atoms with E-state index in [4.69, 9.17) is 4.74 Å². The summed E-state index contributed by atoms with van der Waals surface area (Å²) in [6.45, 7) is 6.48. The van der Waals surface area contributed by atoms with Crippen LogP contribution in [0.1, 0.15) is 310 Å². The van der Waals surface area contributed by atoms with Crippen molar-refractivity contribution >= 4 is 11.9 Å². The van der Waals surface area contributed by atoms with Gasteiger partial charge in [-0.2, -0.15) is 0 Å². The smallest absolute Gasteiger partial charge is 0.306 e.